The van der Waals surface area contributed by atoms with Gasteiger partial charge in [-0.2, -0.15) is 0 Å². The van der Waals surface area contributed by atoms with E-state index in [-0.39, 0.29) is 17.9 Å². The van der Waals surface area contributed by atoms with Crippen molar-refractivity contribution in [1.29, 1.82) is 0 Å². The fourth-order valence-corrected chi connectivity index (χ4v) is 3.68. The Morgan fingerprint density at radius 3 is 2.65 bits per heavy atom. The molecule has 2 aromatic rings. The number of nitrogens with zero attached hydrogens (tertiary/aromatic N) is 2. The van der Waals surface area contributed by atoms with Crippen LogP contribution in [-0.2, 0) is 17.6 Å². The van der Waals surface area contributed by atoms with Crippen molar-refractivity contribution >= 4 is 17.5 Å². The molecule has 1 fully saturated rings. The highest BCUT2D eigenvalue weighted by atomic mass is 35.5. The molecule has 0 spiro atoms. The van der Waals surface area contributed by atoms with Crippen molar-refractivity contribution in [3.8, 4) is 0 Å². The lowest BCUT2D eigenvalue weighted by Gasteiger charge is -2.34. The van der Waals surface area contributed by atoms with Crippen molar-refractivity contribution in [3.63, 3.8) is 0 Å². The number of aliphatic hydroxyl groups is 1. The highest BCUT2D eigenvalue weighted by Crippen LogP contribution is 2.24. The van der Waals surface area contributed by atoms with Gasteiger partial charge < -0.3 is 14.5 Å². The molecule has 0 aliphatic carbocycles. The van der Waals surface area contributed by atoms with Gasteiger partial charge in [0.1, 0.15) is 5.76 Å². The molecular formula is C20H25ClN2O3. The molecule has 2 heterocycles. The van der Waals surface area contributed by atoms with Crippen molar-refractivity contribution in [3.05, 3.63) is 52.9 Å². The number of halogens is 1. The number of benzene rings is 1. The quantitative estimate of drug-likeness (QED) is 0.803. The molecule has 3 rings (SSSR count). The average molecular weight is 377 g/mol. The first-order valence-electron chi connectivity index (χ1n) is 9.22. The zero-order chi connectivity index (χ0) is 18.4. The summed E-state index contributed by atoms with van der Waals surface area (Å²) in [4.78, 5) is 14.2. The number of rotatable bonds is 7. The lowest BCUT2D eigenvalue weighted by Crippen LogP contribution is -2.41. The van der Waals surface area contributed by atoms with Gasteiger partial charge in [-0.15, -0.1) is 0 Å². The average Bonchev–Trinajstić information content (AvgIpc) is 3.10. The first kappa shape index (κ1) is 18.9. The van der Waals surface area contributed by atoms with E-state index in [4.69, 9.17) is 16.1 Å². The summed E-state index contributed by atoms with van der Waals surface area (Å²) in [7, 11) is 0. The number of hydrogen-bond acceptors (Lipinski definition) is 4. The largest absolute Gasteiger partial charge is 0.393 e. The van der Waals surface area contributed by atoms with E-state index in [9.17, 15) is 9.90 Å². The minimum Gasteiger partial charge on any atom is -0.393 e. The van der Waals surface area contributed by atoms with Crippen LogP contribution in [0, 0.1) is 5.92 Å². The number of likely N-dealkylation sites (tertiary alicyclic amines) is 1. The maximum absolute atomic E-state index is 12.3. The minimum absolute atomic E-state index is 0.120. The first-order chi connectivity index (χ1) is 12.6. The topological polar surface area (TPSA) is 66.6 Å². The van der Waals surface area contributed by atoms with E-state index in [2.05, 4.69) is 17.3 Å². The van der Waals surface area contributed by atoms with Gasteiger partial charge in [-0.25, -0.2) is 0 Å². The van der Waals surface area contributed by atoms with Crippen LogP contribution >= 0.6 is 11.6 Å². The molecule has 1 aromatic heterocycles. The highest BCUT2D eigenvalue weighted by Gasteiger charge is 2.27. The molecule has 1 aliphatic heterocycles. The molecule has 1 N–H and O–H groups in total. The van der Waals surface area contributed by atoms with Crippen LogP contribution in [0.15, 0.2) is 40.9 Å². The van der Waals surface area contributed by atoms with Crippen LogP contribution < -0.4 is 0 Å². The number of carbonyl (C=O) groups is 1. The molecule has 1 atom stereocenters. The predicted octanol–water partition coefficient (Wildman–Crippen LogP) is 3.49. The zero-order valence-corrected chi connectivity index (χ0v) is 15.6. The Labute approximate surface area is 158 Å². The molecule has 1 aromatic carbocycles. The molecule has 0 unspecified atom stereocenters. The van der Waals surface area contributed by atoms with Gasteiger partial charge in [0.05, 0.1) is 6.10 Å². The van der Waals surface area contributed by atoms with E-state index in [0.717, 1.165) is 25.7 Å². The second-order valence-electron chi connectivity index (χ2n) is 6.93. The molecule has 0 radical (unpaired) electrons. The lowest BCUT2D eigenvalue weighted by molar-refractivity contribution is -0.133. The number of hydrogen-bond donors (Lipinski definition) is 1. The Bertz CT molecular complexity index is 696. The summed E-state index contributed by atoms with van der Waals surface area (Å²) < 4.78 is 5.03. The van der Waals surface area contributed by atoms with Crippen LogP contribution in [-0.4, -0.2) is 40.3 Å². The summed E-state index contributed by atoms with van der Waals surface area (Å²) in [6.45, 7) is 1.42. The summed E-state index contributed by atoms with van der Waals surface area (Å²) in [5.41, 5.74) is 1.26. The first-order valence-corrected chi connectivity index (χ1v) is 9.60. The van der Waals surface area contributed by atoms with Crippen LogP contribution in [0.2, 0.25) is 5.15 Å². The van der Waals surface area contributed by atoms with Crippen LogP contribution in [0.1, 0.15) is 37.0 Å². The Balaban J connectivity index is 1.38. The van der Waals surface area contributed by atoms with Crippen LogP contribution in [0.3, 0.4) is 0 Å². The van der Waals surface area contributed by atoms with Crippen molar-refractivity contribution in [2.75, 3.05) is 13.1 Å². The molecule has 26 heavy (non-hydrogen) atoms. The maximum atomic E-state index is 12.3. The molecule has 1 amide bonds. The van der Waals surface area contributed by atoms with Crippen LogP contribution in [0.25, 0.3) is 0 Å². The van der Waals surface area contributed by atoms with Gasteiger partial charge in [-0.1, -0.05) is 47.1 Å². The van der Waals surface area contributed by atoms with E-state index in [1.165, 1.54) is 5.56 Å². The molecule has 1 saturated heterocycles. The minimum atomic E-state index is -0.302. The molecule has 0 saturated carbocycles. The predicted molar refractivity (Wildman–Crippen MR) is 99.9 cm³/mol. The molecular weight excluding hydrogens is 352 g/mol. The van der Waals surface area contributed by atoms with Crippen molar-refractivity contribution in [2.45, 2.75) is 44.6 Å². The Morgan fingerprint density at radius 1 is 1.27 bits per heavy atom. The van der Waals surface area contributed by atoms with Gasteiger partial charge in [-0.3, -0.25) is 4.79 Å². The SMILES string of the molecule is O=C(CCc1cc(Cl)no1)N1CCC([C@H](O)CCc2ccccc2)CC1. The van der Waals surface area contributed by atoms with Crippen molar-refractivity contribution in [1.82, 2.24) is 10.1 Å². The third-order valence-corrected chi connectivity index (χ3v) is 5.30. The number of piperidine rings is 1. The second-order valence-corrected chi connectivity index (χ2v) is 7.31. The van der Waals surface area contributed by atoms with E-state index in [1.54, 1.807) is 6.07 Å². The maximum Gasteiger partial charge on any atom is 0.223 e. The fraction of sp³-hybridized carbons (Fsp3) is 0.500. The van der Waals surface area contributed by atoms with Crippen LogP contribution in [0.4, 0.5) is 0 Å². The monoisotopic (exact) mass is 376 g/mol. The van der Waals surface area contributed by atoms with Crippen LogP contribution in [0.5, 0.6) is 0 Å². The van der Waals surface area contributed by atoms with Gasteiger partial charge in [0, 0.05) is 32.0 Å². The lowest BCUT2D eigenvalue weighted by atomic mass is 9.88. The molecule has 5 nitrogen and oxygen atoms in total. The van der Waals surface area contributed by atoms with Crippen molar-refractivity contribution in [2.24, 2.45) is 5.92 Å². The van der Waals surface area contributed by atoms with E-state index >= 15 is 0 Å². The zero-order valence-electron chi connectivity index (χ0n) is 14.8. The molecule has 0 bridgehead atoms. The Kier molecular flexibility index (Phi) is 6.69. The van der Waals surface area contributed by atoms with E-state index in [0.29, 0.717) is 36.8 Å². The summed E-state index contributed by atoms with van der Waals surface area (Å²) in [6.07, 6.45) is 3.98. The summed E-state index contributed by atoms with van der Waals surface area (Å²) in [5.74, 6) is 1.03. The van der Waals surface area contributed by atoms with Gasteiger partial charge >= 0.3 is 0 Å². The van der Waals surface area contributed by atoms with Gasteiger partial charge in [0.2, 0.25) is 5.91 Å². The van der Waals surface area contributed by atoms with Gasteiger partial charge in [0.25, 0.3) is 0 Å². The number of aromatic nitrogens is 1. The molecule has 1 aliphatic rings. The fourth-order valence-electron chi connectivity index (χ4n) is 3.52. The molecule has 6 heteroatoms. The van der Waals surface area contributed by atoms with Gasteiger partial charge in [-0.05, 0) is 37.2 Å². The summed E-state index contributed by atoms with van der Waals surface area (Å²) in [5, 5.41) is 14.4. The Morgan fingerprint density at radius 2 is 2.00 bits per heavy atom. The summed E-state index contributed by atoms with van der Waals surface area (Å²) >= 11 is 5.71. The number of aryl methyl sites for hydroxylation is 2. The van der Waals surface area contributed by atoms with E-state index < -0.39 is 0 Å². The highest BCUT2D eigenvalue weighted by molar-refractivity contribution is 6.29. The normalized spacial score (nSPS) is 16.6. The number of carbonyl (C=O) groups excluding carboxylic acids is 1. The Hall–Kier alpha value is -1.85. The van der Waals surface area contributed by atoms with Crippen molar-refractivity contribution < 1.29 is 14.4 Å². The standard InChI is InChI=1S/C20H25ClN2O3/c21-19-14-17(26-22-19)7-9-20(25)23-12-10-16(11-13-23)18(24)8-6-15-4-2-1-3-5-15/h1-5,14,16,18,24H,6-13H2/t18-/m1/s1. The summed E-state index contributed by atoms with van der Waals surface area (Å²) in [6, 6.07) is 11.9. The number of amides is 1. The third kappa shape index (κ3) is 5.32. The van der Waals surface area contributed by atoms with E-state index in [1.807, 2.05) is 23.1 Å². The third-order valence-electron chi connectivity index (χ3n) is 5.12. The number of aliphatic hydroxyl groups excluding tert-OH is 1. The van der Waals surface area contributed by atoms with Gasteiger partial charge in [0.15, 0.2) is 5.15 Å². The smallest absolute Gasteiger partial charge is 0.223 e. The second kappa shape index (κ2) is 9.19. The molecule has 140 valence electrons.